The first-order chi connectivity index (χ1) is 18.4. The summed E-state index contributed by atoms with van der Waals surface area (Å²) < 4.78 is 40.4. The van der Waals surface area contributed by atoms with E-state index in [1.54, 1.807) is 0 Å². The van der Waals surface area contributed by atoms with Crippen molar-refractivity contribution in [3.8, 4) is 11.5 Å². The number of likely N-dealkylation sites (N-methyl/N-ethyl adjacent to an activating group) is 2. The van der Waals surface area contributed by atoms with Gasteiger partial charge in [0.05, 0.1) is 27.7 Å². The monoisotopic (exact) mass is 820 g/mol. The molecular weight excluding hydrogens is 788 g/mol. The van der Waals surface area contributed by atoms with Crippen LogP contribution in [0.5, 0.6) is 11.5 Å². The first kappa shape index (κ1) is 34.9. The van der Waals surface area contributed by atoms with Crippen molar-refractivity contribution in [2.45, 2.75) is 49.7 Å². The van der Waals surface area contributed by atoms with Crippen molar-refractivity contribution in [1.82, 2.24) is 9.80 Å². The number of hydrogen-bond donors (Lipinski definition) is 2. The molecule has 2 unspecified atom stereocenters. The van der Waals surface area contributed by atoms with E-state index in [2.05, 4.69) is 73.5 Å². The van der Waals surface area contributed by atoms with Gasteiger partial charge in [0.25, 0.3) is 0 Å². The van der Waals surface area contributed by atoms with Crippen LogP contribution in [-0.4, -0.2) is 93.1 Å². The molecule has 2 aromatic carbocycles. The highest BCUT2D eigenvalue weighted by atomic mass is 79.9. The number of aliphatic hydroxyl groups excluding tert-OH is 2. The summed E-state index contributed by atoms with van der Waals surface area (Å²) in [6.07, 6.45) is -1.39. The van der Waals surface area contributed by atoms with Gasteiger partial charge < -0.3 is 29.5 Å². The molecule has 0 heterocycles. The van der Waals surface area contributed by atoms with Gasteiger partial charge >= 0.3 is 0 Å². The summed E-state index contributed by atoms with van der Waals surface area (Å²) in [5, 5.41) is 20.7. The van der Waals surface area contributed by atoms with E-state index in [0.717, 1.165) is 26.2 Å². The van der Waals surface area contributed by atoms with Crippen molar-refractivity contribution in [3.63, 3.8) is 0 Å². The topological polar surface area (TPSA) is 99.5 Å². The average molecular weight is 824 g/mol. The van der Waals surface area contributed by atoms with Gasteiger partial charge in [0.1, 0.15) is 36.9 Å². The molecule has 0 aromatic heterocycles. The van der Waals surface area contributed by atoms with Gasteiger partial charge in [0.2, 0.25) is 9.84 Å². The number of hydrogen-bond acceptors (Lipinski definition) is 8. The lowest BCUT2D eigenvalue weighted by Crippen LogP contribution is -2.35. The molecule has 0 spiro atoms. The van der Waals surface area contributed by atoms with Gasteiger partial charge in [0, 0.05) is 13.1 Å². The second kappa shape index (κ2) is 16.4. The van der Waals surface area contributed by atoms with Crippen LogP contribution in [-0.2, 0) is 9.84 Å². The van der Waals surface area contributed by atoms with Gasteiger partial charge in [-0.05, 0) is 114 Å². The lowest BCUT2D eigenvalue weighted by atomic mass is 10.3. The van der Waals surface area contributed by atoms with Crippen molar-refractivity contribution in [1.29, 1.82) is 0 Å². The van der Waals surface area contributed by atoms with Gasteiger partial charge in [-0.3, -0.25) is 0 Å². The summed E-state index contributed by atoms with van der Waals surface area (Å²) in [5.74, 6) is 0.809. The van der Waals surface area contributed by atoms with Crippen molar-refractivity contribution in [3.05, 3.63) is 42.2 Å². The first-order valence-corrected chi connectivity index (χ1v) is 17.3. The minimum Gasteiger partial charge on any atom is -0.488 e. The van der Waals surface area contributed by atoms with Crippen LogP contribution in [0.15, 0.2) is 51.9 Å². The summed E-state index contributed by atoms with van der Waals surface area (Å²) in [4.78, 5) is 4.29. The Kier molecular flexibility index (Phi) is 14.7. The molecule has 0 amide bonds. The van der Waals surface area contributed by atoms with E-state index in [-0.39, 0.29) is 23.0 Å². The molecule has 0 aliphatic carbocycles. The maximum absolute atomic E-state index is 13.5. The highest BCUT2D eigenvalue weighted by Gasteiger charge is 2.24. The van der Waals surface area contributed by atoms with E-state index >= 15 is 0 Å². The molecule has 0 fully saturated rings. The summed E-state index contributed by atoms with van der Waals surface area (Å²) in [6, 6.07) is 5.90. The van der Waals surface area contributed by atoms with Gasteiger partial charge in [-0.1, -0.05) is 27.7 Å². The van der Waals surface area contributed by atoms with Crippen LogP contribution in [0.3, 0.4) is 0 Å². The van der Waals surface area contributed by atoms with Crippen molar-refractivity contribution < 1.29 is 28.1 Å². The number of ether oxygens (including phenoxy) is 2. The zero-order valence-electron chi connectivity index (χ0n) is 22.5. The fourth-order valence-electron chi connectivity index (χ4n) is 3.82. The van der Waals surface area contributed by atoms with Crippen LogP contribution in [0.4, 0.5) is 0 Å². The third-order valence-electron chi connectivity index (χ3n) is 6.13. The lowest BCUT2D eigenvalue weighted by Gasteiger charge is -2.22. The zero-order chi connectivity index (χ0) is 29.3. The van der Waals surface area contributed by atoms with Crippen molar-refractivity contribution in [2.24, 2.45) is 0 Å². The molecule has 0 radical (unpaired) electrons. The second-order valence-corrected chi connectivity index (χ2v) is 14.2. The largest absolute Gasteiger partial charge is 0.488 e. The minimum atomic E-state index is -3.91. The number of aliphatic hydroxyl groups is 2. The molecular formula is C26H36Br4N2O6S. The SMILES string of the molecule is CCN(CC)CC(O)COc1c(Br)cc(S(=O)(=O)c2cc(Br)c(OCC(O)CN(CC)CC)c(Br)c2)cc1Br. The molecule has 13 heteroatoms. The molecule has 0 aliphatic rings. The lowest BCUT2D eigenvalue weighted by molar-refractivity contribution is 0.0710. The van der Waals surface area contributed by atoms with Crippen molar-refractivity contribution in [2.75, 3.05) is 52.5 Å². The van der Waals surface area contributed by atoms with Gasteiger partial charge in [-0.25, -0.2) is 8.42 Å². The van der Waals surface area contributed by atoms with E-state index in [0.29, 0.717) is 42.5 Å². The zero-order valence-corrected chi connectivity index (χ0v) is 29.6. The Hall–Kier alpha value is -0.250. The van der Waals surface area contributed by atoms with E-state index < -0.39 is 22.0 Å². The fraction of sp³-hybridized carbons (Fsp3) is 0.538. The van der Waals surface area contributed by atoms with Crippen LogP contribution in [0.2, 0.25) is 0 Å². The Bertz CT molecular complexity index is 1060. The smallest absolute Gasteiger partial charge is 0.206 e. The minimum absolute atomic E-state index is 0.0550. The van der Waals surface area contributed by atoms with Crippen LogP contribution in [0, 0.1) is 0 Å². The van der Waals surface area contributed by atoms with E-state index in [1.807, 2.05) is 27.7 Å². The molecule has 0 saturated heterocycles. The molecule has 39 heavy (non-hydrogen) atoms. The Morgan fingerprint density at radius 1 is 0.667 bits per heavy atom. The van der Waals surface area contributed by atoms with E-state index in [4.69, 9.17) is 9.47 Å². The number of nitrogens with zero attached hydrogens (tertiary/aromatic N) is 2. The third kappa shape index (κ3) is 9.92. The molecule has 8 nitrogen and oxygen atoms in total. The van der Waals surface area contributed by atoms with Crippen molar-refractivity contribution >= 4 is 73.6 Å². The molecule has 2 atom stereocenters. The Morgan fingerprint density at radius 3 is 1.21 bits per heavy atom. The quantitative estimate of drug-likeness (QED) is 0.222. The molecule has 0 saturated carbocycles. The van der Waals surface area contributed by atoms with Gasteiger partial charge in [-0.2, -0.15) is 0 Å². The Morgan fingerprint density at radius 2 is 0.949 bits per heavy atom. The maximum Gasteiger partial charge on any atom is 0.206 e. The highest BCUT2D eigenvalue weighted by Crippen LogP contribution is 2.41. The Labute approximate surface area is 265 Å². The molecule has 2 N–H and O–H groups in total. The summed E-state index contributed by atoms with van der Waals surface area (Å²) in [6.45, 7) is 12.5. The summed E-state index contributed by atoms with van der Waals surface area (Å²) in [5.41, 5.74) is 0. The van der Waals surface area contributed by atoms with Crippen LogP contribution < -0.4 is 9.47 Å². The van der Waals surface area contributed by atoms with Crippen LogP contribution >= 0.6 is 63.7 Å². The van der Waals surface area contributed by atoms with E-state index in [9.17, 15) is 18.6 Å². The Balaban J connectivity index is 2.20. The summed E-state index contributed by atoms with van der Waals surface area (Å²) >= 11 is 13.7. The highest BCUT2D eigenvalue weighted by molar-refractivity contribution is 9.11. The molecule has 2 aromatic rings. The predicted octanol–water partition coefficient (Wildman–Crippen LogP) is 5.73. The average Bonchev–Trinajstić information content (AvgIpc) is 2.89. The summed E-state index contributed by atoms with van der Waals surface area (Å²) in [7, 11) is -3.91. The molecule has 0 aliphatic heterocycles. The van der Waals surface area contributed by atoms with E-state index in [1.165, 1.54) is 24.3 Å². The number of rotatable bonds is 16. The van der Waals surface area contributed by atoms with Crippen LogP contribution in [0.1, 0.15) is 27.7 Å². The third-order valence-corrected chi connectivity index (χ3v) is 10.2. The second-order valence-electron chi connectivity index (χ2n) is 8.84. The molecule has 2 rings (SSSR count). The van der Waals surface area contributed by atoms with Gasteiger partial charge in [0.15, 0.2) is 0 Å². The fourth-order valence-corrected chi connectivity index (χ4v) is 8.62. The maximum atomic E-state index is 13.5. The molecule has 0 bridgehead atoms. The first-order valence-electron chi connectivity index (χ1n) is 12.7. The number of sulfone groups is 1. The standard InChI is InChI=1S/C26H36Br4N2O6S/c1-5-31(6-2)13-17(33)15-37-25-21(27)9-19(10-22(25)28)39(35,36)20-11-23(29)26(24(30)12-20)38-16-18(34)14-32(7-3)8-4/h9-12,17-18,33-34H,5-8,13-16H2,1-4H3. The molecule has 220 valence electrons. The number of benzene rings is 2. The normalized spacial score (nSPS) is 13.6. The predicted molar refractivity (Wildman–Crippen MR) is 168 cm³/mol. The number of halogens is 4. The van der Waals surface area contributed by atoms with Crippen LogP contribution in [0.25, 0.3) is 0 Å². The van der Waals surface area contributed by atoms with Gasteiger partial charge in [-0.15, -0.1) is 0 Å².